The monoisotopic (exact) mass is 393 g/mol. The van der Waals surface area contributed by atoms with Crippen molar-refractivity contribution in [2.45, 2.75) is 25.7 Å². The molecule has 1 fully saturated rings. The van der Waals surface area contributed by atoms with Gasteiger partial charge in [0.1, 0.15) is 29.3 Å². The maximum absolute atomic E-state index is 12.8. The van der Waals surface area contributed by atoms with Crippen molar-refractivity contribution in [3.05, 3.63) is 36.3 Å². The van der Waals surface area contributed by atoms with Gasteiger partial charge in [0.05, 0.1) is 5.69 Å². The standard InChI is InChI=1S/C17H14F3N5O3/c1-9-13-14(21-8-22-15(13)28-24-9)23-12-5-6-25(16(12)26)10-3-2-4-11(7-10)27-17(18,19)20/h2-4,7-8,12H,5-6H2,1H3,(H,21,22,23). The number of nitrogens with one attached hydrogen (secondary N) is 1. The lowest BCUT2D eigenvalue weighted by atomic mass is 10.2. The van der Waals surface area contributed by atoms with Crippen LogP contribution in [0.3, 0.4) is 0 Å². The predicted octanol–water partition coefficient (Wildman–Crippen LogP) is 3.04. The Hall–Kier alpha value is -3.37. The highest BCUT2D eigenvalue weighted by Crippen LogP contribution is 2.30. The molecule has 8 nitrogen and oxygen atoms in total. The molecule has 0 radical (unpaired) electrons. The molecule has 146 valence electrons. The Labute approximate surface area is 156 Å². The topological polar surface area (TPSA) is 93.4 Å². The molecule has 3 aromatic rings. The smallest absolute Gasteiger partial charge is 0.406 e. The van der Waals surface area contributed by atoms with Gasteiger partial charge < -0.3 is 19.5 Å². The van der Waals surface area contributed by atoms with Crippen LogP contribution in [0, 0.1) is 6.92 Å². The van der Waals surface area contributed by atoms with Crippen molar-refractivity contribution in [1.82, 2.24) is 15.1 Å². The number of nitrogens with zero attached hydrogens (tertiary/aromatic N) is 4. The molecule has 4 rings (SSSR count). The van der Waals surface area contributed by atoms with Crippen LogP contribution in [0.1, 0.15) is 12.1 Å². The van der Waals surface area contributed by atoms with E-state index in [1.807, 2.05) is 0 Å². The fourth-order valence-corrected chi connectivity index (χ4v) is 3.12. The normalized spacial score (nSPS) is 17.4. The summed E-state index contributed by atoms with van der Waals surface area (Å²) >= 11 is 0. The number of fused-ring (bicyclic) bond motifs is 1. The molecule has 1 aliphatic rings. The van der Waals surface area contributed by atoms with Crippen LogP contribution >= 0.6 is 0 Å². The molecule has 2 aromatic heterocycles. The first kappa shape index (κ1) is 18.0. The molecule has 0 spiro atoms. The Balaban J connectivity index is 1.54. The Kier molecular flexibility index (Phi) is 4.28. The van der Waals surface area contributed by atoms with Crippen LogP contribution in [-0.4, -0.2) is 40.0 Å². The number of carbonyl (C=O) groups excluding carboxylic acids is 1. The average molecular weight is 393 g/mol. The van der Waals surface area contributed by atoms with Gasteiger partial charge in [-0.05, 0) is 25.5 Å². The van der Waals surface area contributed by atoms with E-state index in [4.69, 9.17) is 4.52 Å². The lowest BCUT2D eigenvalue weighted by Crippen LogP contribution is -2.33. The average Bonchev–Trinajstić information content (AvgIpc) is 3.18. The fraction of sp³-hybridized carbons (Fsp3) is 0.294. The maximum Gasteiger partial charge on any atom is 0.573 e. The van der Waals surface area contributed by atoms with Gasteiger partial charge in [-0.15, -0.1) is 13.2 Å². The zero-order chi connectivity index (χ0) is 19.9. The van der Waals surface area contributed by atoms with Crippen molar-refractivity contribution in [1.29, 1.82) is 0 Å². The number of amides is 1. The zero-order valence-electron chi connectivity index (χ0n) is 14.5. The Morgan fingerprint density at radius 1 is 1.32 bits per heavy atom. The van der Waals surface area contributed by atoms with Crippen LogP contribution in [-0.2, 0) is 4.79 Å². The maximum atomic E-state index is 12.8. The summed E-state index contributed by atoms with van der Waals surface area (Å²) in [6, 6.07) is 4.72. The van der Waals surface area contributed by atoms with Crippen molar-refractivity contribution >= 4 is 28.5 Å². The van der Waals surface area contributed by atoms with E-state index in [9.17, 15) is 18.0 Å². The van der Waals surface area contributed by atoms with Crippen molar-refractivity contribution < 1.29 is 27.2 Å². The fourth-order valence-electron chi connectivity index (χ4n) is 3.12. The number of aromatic nitrogens is 3. The second-order valence-electron chi connectivity index (χ2n) is 6.19. The zero-order valence-corrected chi connectivity index (χ0v) is 14.5. The van der Waals surface area contributed by atoms with E-state index in [0.29, 0.717) is 41.3 Å². The number of benzene rings is 1. The summed E-state index contributed by atoms with van der Waals surface area (Å²) < 4.78 is 46.3. The summed E-state index contributed by atoms with van der Waals surface area (Å²) in [6.07, 6.45) is -3.06. The van der Waals surface area contributed by atoms with Crippen LogP contribution < -0.4 is 15.0 Å². The number of aryl methyl sites for hydroxylation is 1. The minimum atomic E-state index is -4.80. The second kappa shape index (κ2) is 6.66. The molecule has 0 bridgehead atoms. The molecule has 1 unspecified atom stereocenters. The van der Waals surface area contributed by atoms with Gasteiger partial charge in [0, 0.05) is 18.3 Å². The van der Waals surface area contributed by atoms with Crippen molar-refractivity contribution in [2.24, 2.45) is 0 Å². The first-order chi connectivity index (χ1) is 13.3. The van der Waals surface area contributed by atoms with Crippen LogP contribution in [0.15, 0.2) is 35.1 Å². The molecule has 1 saturated heterocycles. The molecular formula is C17H14F3N5O3. The number of ether oxygens (including phenoxy) is 1. The number of halogens is 3. The van der Waals surface area contributed by atoms with Crippen LogP contribution in [0.25, 0.3) is 11.1 Å². The van der Waals surface area contributed by atoms with E-state index in [2.05, 4.69) is 25.2 Å². The van der Waals surface area contributed by atoms with E-state index in [1.54, 1.807) is 13.0 Å². The molecule has 11 heteroatoms. The van der Waals surface area contributed by atoms with Gasteiger partial charge in [0.2, 0.25) is 5.91 Å². The quantitative estimate of drug-likeness (QED) is 0.728. The van der Waals surface area contributed by atoms with Gasteiger partial charge in [-0.2, -0.15) is 4.98 Å². The summed E-state index contributed by atoms with van der Waals surface area (Å²) in [6.45, 7) is 2.07. The lowest BCUT2D eigenvalue weighted by molar-refractivity contribution is -0.274. The highest BCUT2D eigenvalue weighted by Gasteiger charge is 2.35. The lowest BCUT2D eigenvalue weighted by Gasteiger charge is -2.19. The SMILES string of the molecule is Cc1noc2ncnc(NC3CCN(c4cccc(OC(F)(F)F)c4)C3=O)c12. The molecular weight excluding hydrogens is 379 g/mol. The van der Waals surface area contributed by atoms with E-state index >= 15 is 0 Å². The number of hydrogen-bond donors (Lipinski definition) is 1. The number of alkyl halides is 3. The molecule has 1 amide bonds. The van der Waals surface area contributed by atoms with Gasteiger partial charge >= 0.3 is 6.36 Å². The second-order valence-corrected chi connectivity index (χ2v) is 6.19. The highest BCUT2D eigenvalue weighted by molar-refractivity contribution is 6.02. The van der Waals surface area contributed by atoms with Crippen molar-refractivity contribution in [3.63, 3.8) is 0 Å². The third-order valence-electron chi connectivity index (χ3n) is 4.32. The van der Waals surface area contributed by atoms with Crippen molar-refractivity contribution in [3.8, 4) is 5.75 Å². The van der Waals surface area contributed by atoms with Crippen LogP contribution in [0.4, 0.5) is 24.7 Å². The van der Waals surface area contributed by atoms with E-state index in [-0.39, 0.29) is 11.7 Å². The summed E-state index contributed by atoms with van der Waals surface area (Å²) in [4.78, 5) is 22.3. The molecule has 3 heterocycles. The minimum absolute atomic E-state index is 0.287. The van der Waals surface area contributed by atoms with Crippen LogP contribution in [0.2, 0.25) is 0 Å². The molecule has 1 aliphatic heterocycles. The predicted molar refractivity (Wildman–Crippen MR) is 91.8 cm³/mol. The Bertz CT molecular complexity index is 1040. The van der Waals surface area contributed by atoms with Gasteiger partial charge in [0.25, 0.3) is 5.71 Å². The van der Waals surface area contributed by atoms with Gasteiger partial charge in [-0.25, -0.2) is 4.98 Å². The molecule has 0 aliphatic carbocycles. The first-order valence-electron chi connectivity index (χ1n) is 8.32. The molecule has 1 aromatic carbocycles. The first-order valence-corrected chi connectivity index (χ1v) is 8.32. The molecule has 1 atom stereocenters. The molecule has 1 N–H and O–H groups in total. The summed E-state index contributed by atoms with van der Waals surface area (Å²) in [5, 5.41) is 7.47. The van der Waals surface area contributed by atoms with Gasteiger partial charge in [-0.3, -0.25) is 4.79 Å². The molecule has 0 saturated carbocycles. The highest BCUT2D eigenvalue weighted by atomic mass is 19.4. The summed E-state index contributed by atoms with van der Waals surface area (Å²) in [5.41, 5.74) is 1.21. The summed E-state index contributed by atoms with van der Waals surface area (Å²) in [7, 11) is 0. The Morgan fingerprint density at radius 3 is 2.93 bits per heavy atom. The minimum Gasteiger partial charge on any atom is -0.406 e. The van der Waals surface area contributed by atoms with E-state index < -0.39 is 12.4 Å². The number of hydrogen-bond acceptors (Lipinski definition) is 7. The van der Waals surface area contributed by atoms with Crippen LogP contribution in [0.5, 0.6) is 5.75 Å². The number of anilines is 2. The van der Waals surface area contributed by atoms with Gasteiger partial charge in [-0.1, -0.05) is 11.2 Å². The van der Waals surface area contributed by atoms with Gasteiger partial charge in [0.15, 0.2) is 0 Å². The Morgan fingerprint density at radius 2 is 2.14 bits per heavy atom. The summed E-state index contributed by atoms with van der Waals surface area (Å²) in [5.74, 6) is -0.255. The molecule has 28 heavy (non-hydrogen) atoms. The van der Waals surface area contributed by atoms with E-state index in [1.165, 1.54) is 29.4 Å². The number of rotatable bonds is 4. The third-order valence-corrected chi connectivity index (χ3v) is 4.32. The number of carbonyl (C=O) groups is 1. The largest absolute Gasteiger partial charge is 0.573 e. The third kappa shape index (κ3) is 3.42. The van der Waals surface area contributed by atoms with E-state index in [0.717, 1.165) is 0 Å². The van der Waals surface area contributed by atoms with Crippen molar-refractivity contribution in [2.75, 3.05) is 16.8 Å².